The molecular weight excluding hydrogens is 272 g/mol. The highest BCUT2D eigenvalue weighted by Gasteiger charge is 1.98. The molecule has 1 N–H and O–H groups in total. The predicted octanol–water partition coefficient (Wildman–Crippen LogP) is 1.61. The van der Waals surface area contributed by atoms with E-state index in [9.17, 15) is 14.4 Å². The van der Waals surface area contributed by atoms with Crippen molar-refractivity contribution in [2.75, 3.05) is 6.61 Å². The zero-order valence-corrected chi connectivity index (χ0v) is 12.2. The molecule has 6 nitrogen and oxygen atoms in total. The number of aromatic nitrogens is 2. The molecule has 0 radical (unpaired) electrons. The number of aromatic amines is 1. The first-order valence-electron chi connectivity index (χ1n) is 7.22. The molecule has 0 saturated carbocycles. The Morgan fingerprint density at radius 1 is 1.19 bits per heavy atom. The number of hydrogen-bond donors (Lipinski definition) is 1. The van der Waals surface area contributed by atoms with E-state index >= 15 is 0 Å². The number of unbranched alkanes of at least 4 members (excludes halogenated alkanes) is 5. The quantitative estimate of drug-likeness (QED) is 0.404. The number of nitrogens with one attached hydrogen (secondary N) is 1. The highest BCUT2D eigenvalue weighted by molar-refractivity contribution is 5.81. The third kappa shape index (κ3) is 7.29. The van der Waals surface area contributed by atoms with E-state index in [1.807, 2.05) is 0 Å². The zero-order valence-electron chi connectivity index (χ0n) is 12.2. The fourth-order valence-corrected chi connectivity index (χ4v) is 1.94. The number of carbonyl (C=O) groups excluding carboxylic acids is 1. The molecule has 0 saturated heterocycles. The van der Waals surface area contributed by atoms with E-state index in [-0.39, 0.29) is 17.2 Å². The summed E-state index contributed by atoms with van der Waals surface area (Å²) in [6.07, 6.45) is 8.64. The Hall–Kier alpha value is -2.11. The van der Waals surface area contributed by atoms with E-state index in [1.165, 1.54) is 22.9 Å². The molecule has 0 fully saturated rings. The predicted molar refractivity (Wildman–Crippen MR) is 80.2 cm³/mol. The van der Waals surface area contributed by atoms with Gasteiger partial charge in [0, 0.05) is 24.9 Å². The van der Waals surface area contributed by atoms with Crippen molar-refractivity contribution >= 4 is 5.97 Å². The van der Waals surface area contributed by atoms with Crippen LogP contribution in [0, 0.1) is 0 Å². The molecule has 21 heavy (non-hydrogen) atoms. The summed E-state index contributed by atoms with van der Waals surface area (Å²) in [6.45, 7) is 4.39. The summed E-state index contributed by atoms with van der Waals surface area (Å²) >= 11 is 0. The van der Waals surface area contributed by atoms with Gasteiger partial charge < -0.3 is 9.30 Å². The Bertz CT molecular complexity index is 559. The highest BCUT2D eigenvalue weighted by Crippen LogP contribution is 2.06. The Balaban J connectivity index is 2.02. The largest absolute Gasteiger partial charge is 0.463 e. The van der Waals surface area contributed by atoms with Crippen LogP contribution in [-0.2, 0) is 16.1 Å². The third-order valence-corrected chi connectivity index (χ3v) is 3.10. The third-order valence-electron chi connectivity index (χ3n) is 3.10. The normalized spacial score (nSPS) is 10.3. The maximum atomic E-state index is 11.4. The maximum absolute atomic E-state index is 11.4. The second-order valence-electron chi connectivity index (χ2n) is 4.80. The summed E-state index contributed by atoms with van der Waals surface area (Å²) in [5.41, 5.74) is -0.722. The van der Waals surface area contributed by atoms with Crippen LogP contribution in [0.2, 0.25) is 0 Å². The van der Waals surface area contributed by atoms with Gasteiger partial charge in [-0.25, -0.2) is 9.59 Å². The lowest BCUT2D eigenvalue weighted by Gasteiger charge is -2.05. The fourth-order valence-electron chi connectivity index (χ4n) is 1.94. The van der Waals surface area contributed by atoms with Gasteiger partial charge in [-0.2, -0.15) is 0 Å². The van der Waals surface area contributed by atoms with Gasteiger partial charge in [-0.05, 0) is 12.8 Å². The van der Waals surface area contributed by atoms with Crippen LogP contribution in [0.15, 0.2) is 34.5 Å². The standard InChI is InChI=1S/C15H22N2O4/c1-2-14(19)21-12-8-6-4-3-5-7-10-17-11-9-13(18)16-15(17)20/h2,9,11H,1,3-8,10,12H2,(H,16,18,20). The van der Waals surface area contributed by atoms with E-state index in [1.54, 1.807) is 0 Å². The monoisotopic (exact) mass is 294 g/mol. The number of esters is 1. The number of nitrogens with zero attached hydrogens (tertiary/aromatic N) is 1. The molecular formula is C15H22N2O4. The Kier molecular flexibility index (Phi) is 7.86. The summed E-state index contributed by atoms with van der Waals surface area (Å²) < 4.78 is 6.39. The van der Waals surface area contributed by atoms with Crippen LogP contribution in [0.5, 0.6) is 0 Å². The molecule has 0 aliphatic heterocycles. The van der Waals surface area contributed by atoms with Crippen molar-refractivity contribution in [3.63, 3.8) is 0 Å². The average molecular weight is 294 g/mol. The van der Waals surface area contributed by atoms with Crippen LogP contribution in [0.3, 0.4) is 0 Å². The van der Waals surface area contributed by atoms with E-state index < -0.39 is 0 Å². The van der Waals surface area contributed by atoms with E-state index in [0.717, 1.165) is 38.5 Å². The highest BCUT2D eigenvalue weighted by atomic mass is 16.5. The van der Waals surface area contributed by atoms with Crippen LogP contribution < -0.4 is 11.2 Å². The Morgan fingerprint density at radius 2 is 1.86 bits per heavy atom. The van der Waals surface area contributed by atoms with Crippen molar-refractivity contribution in [2.45, 2.75) is 45.1 Å². The first-order valence-corrected chi connectivity index (χ1v) is 7.22. The second-order valence-corrected chi connectivity index (χ2v) is 4.80. The smallest absolute Gasteiger partial charge is 0.330 e. The van der Waals surface area contributed by atoms with Gasteiger partial charge in [0.2, 0.25) is 0 Å². The van der Waals surface area contributed by atoms with E-state index in [2.05, 4.69) is 11.6 Å². The lowest BCUT2D eigenvalue weighted by atomic mass is 10.1. The molecule has 1 aromatic rings. The molecule has 0 bridgehead atoms. The summed E-state index contributed by atoms with van der Waals surface area (Å²) in [4.78, 5) is 35.3. The molecule has 1 aromatic heterocycles. The maximum Gasteiger partial charge on any atom is 0.330 e. The molecule has 0 aliphatic rings. The molecule has 0 aromatic carbocycles. The molecule has 0 unspecified atom stereocenters. The summed E-state index contributed by atoms with van der Waals surface area (Å²) in [6, 6.07) is 1.35. The van der Waals surface area contributed by atoms with Gasteiger partial charge in [0.15, 0.2) is 0 Å². The average Bonchev–Trinajstić information content (AvgIpc) is 2.47. The molecule has 116 valence electrons. The van der Waals surface area contributed by atoms with Gasteiger partial charge in [-0.3, -0.25) is 9.78 Å². The van der Waals surface area contributed by atoms with Crippen molar-refractivity contribution in [1.29, 1.82) is 0 Å². The lowest BCUT2D eigenvalue weighted by Crippen LogP contribution is -2.28. The number of rotatable bonds is 10. The van der Waals surface area contributed by atoms with Crippen LogP contribution in [0.1, 0.15) is 38.5 Å². The molecule has 1 rings (SSSR count). The van der Waals surface area contributed by atoms with Gasteiger partial charge in [0.05, 0.1) is 6.61 Å². The number of aryl methyl sites for hydroxylation is 1. The number of hydrogen-bond acceptors (Lipinski definition) is 4. The Labute approximate surface area is 123 Å². The Morgan fingerprint density at radius 3 is 2.52 bits per heavy atom. The van der Waals surface area contributed by atoms with Crippen LogP contribution >= 0.6 is 0 Å². The molecule has 0 spiro atoms. The van der Waals surface area contributed by atoms with Gasteiger partial charge in [0.25, 0.3) is 5.56 Å². The minimum atomic E-state index is -0.374. The minimum absolute atomic E-state index is 0.355. The number of ether oxygens (including phenoxy) is 1. The van der Waals surface area contributed by atoms with Crippen LogP contribution in [0.25, 0.3) is 0 Å². The number of H-pyrrole nitrogens is 1. The van der Waals surface area contributed by atoms with E-state index in [4.69, 9.17) is 4.74 Å². The van der Waals surface area contributed by atoms with Crippen molar-refractivity contribution in [3.05, 3.63) is 45.8 Å². The van der Waals surface area contributed by atoms with Gasteiger partial charge >= 0.3 is 11.7 Å². The lowest BCUT2D eigenvalue weighted by molar-refractivity contribution is -0.137. The molecule has 0 amide bonds. The second kappa shape index (κ2) is 9.74. The minimum Gasteiger partial charge on any atom is -0.463 e. The van der Waals surface area contributed by atoms with Crippen molar-refractivity contribution in [2.24, 2.45) is 0 Å². The van der Waals surface area contributed by atoms with E-state index in [0.29, 0.717) is 13.2 Å². The zero-order chi connectivity index (χ0) is 15.5. The summed E-state index contributed by atoms with van der Waals surface area (Å²) in [5.74, 6) is -0.374. The first-order chi connectivity index (χ1) is 10.1. The van der Waals surface area contributed by atoms with Crippen molar-refractivity contribution in [3.8, 4) is 0 Å². The van der Waals surface area contributed by atoms with Crippen molar-refractivity contribution < 1.29 is 9.53 Å². The molecule has 0 aliphatic carbocycles. The first kappa shape index (κ1) is 16.9. The SMILES string of the molecule is C=CC(=O)OCCCCCCCCn1ccc(=O)[nH]c1=O. The molecule has 0 atom stereocenters. The van der Waals surface area contributed by atoms with Crippen LogP contribution in [-0.4, -0.2) is 22.1 Å². The summed E-state index contributed by atoms with van der Waals surface area (Å²) in [5, 5.41) is 0. The van der Waals surface area contributed by atoms with Crippen LogP contribution in [0.4, 0.5) is 0 Å². The van der Waals surface area contributed by atoms with Gasteiger partial charge in [0.1, 0.15) is 0 Å². The van der Waals surface area contributed by atoms with Gasteiger partial charge in [-0.15, -0.1) is 0 Å². The molecule has 1 heterocycles. The summed E-state index contributed by atoms with van der Waals surface area (Å²) in [7, 11) is 0. The van der Waals surface area contributed by atoms with Crippen molar-refractivity contribution in [1.82, 2.24) is 9.55 Å². The fraction of sp³-hybridized carbons (Fsp3) is 0.533. The molecule has 6 heteroatoms. The van der Waals surface area contributed by atoms with Gasteiger partial charge in [-0.1, -0.05) is 32.3 Å². The number of carbonyl (C=O) groups is 1. The topological polar surface area (TPSA) is 81.2 Å².